The Labute approximate surface area is 196 Å². The van der Waals surface area contributed by atoms with Crippen LogP contribution in [0.4, 0.5) is 0 Å². The number of rotatable bonds is 8. The van der Waals surface area contributed by atoms with Gasteiger partial charge < -0.3 is 20.1 Å². The van der Waals surface area contributed by atoms with Gasteiger partial charge in [0.1, 0.15) is 6.04 Å². The number of ether oxygens (including phenoxy) is 1. The average molecular weight is 469 g/mol. The Morgan fingerprint density at radius 1 is 1.25 bits per heavy atom. The molecule has 3 aliphatic rings. The third kappa shape index (κ3) is 4.29. The standard InChI is InChI=1S/C24H40N2O5S/c1-8-31-20(30)16-15-19(29)26(12-9-13-27)17(24(15)11-10-23(16,7)32-24)18(28)25-22(5,6)14-21(2,3)4/h15-17,27H,8-14H2,1-7H3,(H,25,28)/t15-,16-,17?,23+,24?/m0/s1. The van der Waals surface area contributed by atoms with E-state index >= 15 is 0 Å². The van der Waals surface area contributed by atoms with Gasteiger partial charge in [-0.2, -0.15) is 0 Å². The van der Waals surface area contributed by atoms with Gasteiger partial charge in [-0.25, -0.2) is 0 Å². The van der Waals surface area contributed by atoms with Gasteiger partial charge in [-0.1, -0.05) is 20.8 Å². The molecule has 5 atom stereocenters. The second-order valence-corrected chi connectivity index (χ2v) is 13.6. The molecule has 0 aromatic heterocycles. The molecule has 0 saturated carbocycles. The SMILES string of the molecule is CCOC(=O)[C@@H]1[C@H]2C(=O)N(CCCO)C(C(=O)NC(C)(C)CC(C)(C)C)C23CC[C@@]1(C)S3. The minimum Gasteiger partial charge on any atom is -0.466 e. The van der Waals surface area contributed by atoms with E-state index in [1.807, 2.05) is 20.8 Å². The second-order valence-electron chi connectivity index (χ2n) is 11.7. The van der Waals surface area contributed by atoms with E-state index in [4.69, 9.17) is 4.74 Å². The molecule has 2 amide bonds. The number of amides is 2. The van der Waals surface area contributed by atoms with Crippen LogP contribution in [0, 0.1) is 17.3 Å². The van der Waals surface area contributed by atoms with Gasteiger partial charge in [0.25, 0.3) is 0 Å². The molecule has 8 heteroatoms. The maximum absolute atomic E-state index is 13.8. The fourth-order valence-electron chi connectivity index (χ4n) is 6.57. The van der Waals surface area contributed by atoms with Crippen LogP contribution in [0.3, 0.4) is 0 Å². The van der Waals surface area contributed by atoms with Crippen molar-refractivity contribution in [2.24, 2.45) is 17.3 Å². The van der Waals surface area contributed by atoms with E-state index in [9.17, 15) is 19.5 Å². The predicted molar refractivity (Wildman–Crippen MR) is 125 cm³/mol. The van der Waals surface area contributed by atoms with Gasteiger partial charge in [-0.05, 0) is 58.8 Å². The molecule has 182 valence electrons. The normalized spacial score (nSPS) is 34.1. The van der Waals surface area contributed by atoms with E-state index in [2.05, 4.69) is 26.1 Å². The van der Waals surface area contributed by atoms with Crippen LogP contribution in [-0.2, 0) is 19.1 Å². The van der Waals surface area contributed by atoms with E-state index < -0.39 is 32.9 Å². The minimum absolute atomic E-state index is 0.0305. The lowest BCUT2D eigenvalue weighted by Gasteiger charge is -2.38. The number of carbonyl (C=O) groups excluding carboxylic acids is 3. The number of hydrogen-bond donors (Lipinski definition) is 2. The molecule has 3 heterocycles. The number of esters is 1. The number of thioether (sulfide) groups is 1. The first-order valence-corrected chi connectivity index (χ1v) is 12.6. The van der Waals surface area contributed by atoms with Crippen LogP contribution in [0.5, 0.6) is 0 Å². The molecule has 7 nitrogen and oxygen atoms in total. The number of fused-ring (bicyclic) bond motifs is 1. The van der Waals surface area contributed by atoms with Crippen molar-refractivity contribution in [3.63, 3.8) is 0 Å². The summed E-state index contributed by atoms with van der Waals surface area (Å²) in [5.74, 6) is -1.76. The van der Waals surface area contributed by atoms with Crippen LogP contribution in [0.15, 0.2) is 0 Å². The van der Waals surface area contributed by atoms with E-state index in [1.165, 1.54) is 0 Å². The summed E-state index contributed by atoms with van der Waals surface area (Å²) < 4.78 is 4.33. The molecule has 3 saturated heterocycles. The van der Waals surface area contributed by atoms with Crippen LogP contribution < -0.4 is 5.32 Å². The van der Waals surface area contributed by atoms with Crippen LogP contribution >= 0.6 is 11.8 Å². The number of nitrogens with one attached hydrogen (secondary N) is 1. The molecule has 3 fully saturated rings. The first-order chi connectivity index (χ1) is 14.7. The quantitative estimate of drug-likeness (QED) is 0.532. The van der Waals surface area contributed by atoms with Crippen molar-refractivity contribution in [3.05, 3.63) is 0 Å². The monoisotopic (exact) mass is 468 g/mol. The molecule has 1 spiro atoms. The highest BCUT2D eigenvalue weighted by Crippen LogP contribution is 2.71. The Kier molecular flexibility index (Phi) is 6.73. The van der Waals surface area contributed by atoms with Crippen molar-refractivity contribution in [2.75, 3.05) is 19.8 Å². The third-order valence-corrected chi connectivity index (χ3v) is 9.04. The Hall–Kier alpha value is -1.28. The topological polar surface area (TPSA) is 95.9 Å². The molecule has 2 unspecified atom stereocenters. The summed E-state index contributed by atoms with van der Waals surface area (Å²) in [5.41, 5.74) is -0.413. The highest BCUT2D eigenvalue weighted by molar-refractivity contribution is 8.02. The highest BCUT2D eigenvalue weighted by atomic mass is 32.2. The zero-order chi connectivity index (χ0) is 24.1. The van der Waals surface area contributed by atoms with Crippen molar-refractivity contribution in [1.29, 1.82) is 0 Å². The molecule has 0 aliphatic carbocycles. The third-order valence-electron chi connectivity index (χ3n) is 7.06. The number of nitrogens with zero attached hydrogens (tertiary/aromatic N) is 1. The smallest absolute Gasteiger partial charge is 0.311 e. The second kappa shape index (κ2) is 8.49. The van der Waals surface area contributed by atoms with Crippen molar-refractivity contribution in [2.45, 2.75) is 95.2 Å². The minimum atomic E-state index is -0.656. The summed E-state index contributed by atoms with van der Waals surface area (Å²) in [4.78, 5) is 42.1. The van der Waals surface area contributed by atoms with Crippen molar-refractivity contribution in [3.8, 4) is 0 Å². The number of carbonyl (C=O) groups is 3. The zero-order valence-corrected chi connectivity index (χ0v) is 21.4. The van der Waals surface area contributed by atoms with E-state index in [0.29, 0.717) is 19.4 Å². The molecule has 3 aliphatic heterocycles. The average Bonchev–Trinajstić information content (AvgIpc) is 3.18. The summed E-state index contributed by atoms with van der Waals surface area (Å²) in [6.07, 6.45) is 2.67. The molecule has 0 aromatic rings. The first-order valence-electron chi connectivity index (χ1n) is 11.8. The number of aliphatic hydroxyl groups is 1. The van der Waals surface area contributed by atoms with Gasteiger partial charge in [0.2, 0.25) is 11.8 Å². The van der Waals surface area contributed by atoms with Crippen LogP contribution in [-0.4, -0.2) is 68.6 Å². The lowest BCUT2D eigenvalue weighted by Crippen LogP contribution is -2.58. The molecular formula is C24H40N2O5S. The van der Waals surface area contributed by atoms with E-state index in [1.54, 1.807) is 23.6 Å². The molecule has 0 aromatic carbocycles. The predicted octanol–water partition coefficient (Wildman–Crippen LogP) is 2.74. The van der Waals surface area contributed by atoms with Gasteiger partial charge in [0.15, 0.2) is 0 Å². The van der Waals surface area contributed by atoms with Gasteiger partial charge in [-0.15, -0.1) is 11.8 Å². The van der Waals surface area contributed by atoms with Crippen molar-refractivity contribution >= 4 is 29.5 Å². The van der Waals surface area contributed by atoms with Crippen molar-refractivity contribution < 1.29 is 24.2 Å². The molecule has 3 rings (SSSR count). The first kappa shape index (κ1) is 25.3. The van der Waals surface area contributed by atoms with Gasteiger partial charge >= 0.3 is 5.97 Å². The Balaban J connectivity index is 1.98. The maximum Gasteiger partial charge on any atom is 0.311 e. The van der Waals surface area contributed by atoms with Gasteiger partial charge in [-0.3, -0.25) is 14.4 Å². The molecular weight excluding hydrogens is 428 g/mol. The largest absolute Gasteiger partial charge is 0.466 e. The summed E-state index contributed by atoms with van der Waals surface area (Å²) in [6.45, 7) is 14.8. The zero-order valence-electron chi connectivity index (χ0n) is 20.6. The van der Waals surface area contributed by atoms with Gasteiger partial charge in [0, 0.05) is 23.4 Å². The van der Waals surface area contributed by atoms with Crippen molar-refractivity contribution in [1.82, 2.24) is 10.2 Å². The number of hydrogen-bond acceptors (Lipinski definition) is 6. The Bertz CT molecular complexity index is 779. The summed E-state index contributed by atoms with van der Waals surface area (Å²) in [6, 6.07) is -0.656. The molecule has 32 heavy (non-hydrogen) atoms. The summed E-state index contributed by atoms with van der Waals surface area (Å²) >= 11 is 1.64. The molecule has 0 radical (unpaired) electrons. The maximum atomic E-state index is 13.8. The molecule has 2 bridgehead atoms. The number of likely N-dealkylation sites (tertiary alicyclic amines) is 1. The van der Waals surface area contributed by atoms with E-state index in [-0.39, 0.29) is 36.4 Å². The Morgan fingerprint density at radius 3 is 2.47 bits per heavy atom. The van der Waals surface area contributed by atoms with Gasteiger partial charge in [0.05, 0.1) is 23.2 Å². The van der Waals surface area contributed by atoms with Crippen LogP contribution in [0.1, 0.15) is 74.1 Å². The summed E-state index contributed by atoms with van der Waals surface area (Å²) in [5, 5.41) is 12.6. The van der Waals surface area contributed by atoms with E-state index in [0.717, 1.165) is 12.8 Å². The van der Waals surface area contributed by atoms with Crippen LogP contribution in [0.25, 0.3) is 0 Å². The number of aliphatic hydroxyl groups excluding tert-OH is 1. The fraction of sp³-hybridized carbons (Fsp3) is 0.875. The highest BCUT2D eigenvalue weighted by Gasteiger charge is 2.77. The summed E-state index contributed by atoms with van der Waals surface area (Å²) in [7, 11) is 0. The fourth-order valence-corrected chi connectivity index (χ4v) is 8.91. The lowest BCUT2D eigenvalue weighted by atomic mass is 9.66. The van der Waals surface area contributed by atoms with Crippen LogP contribution in [0.2, 0.25) is 0 Å². The lowest BCUT2D eigenvalue weighted by molar-refractivity contribution is -0.155. The Morgan fingerprint density at radius 2 is 1.91 bits per heavy atom. The molecule has 2 N–H and O–H groups in total.